The van der Waals surface area contributed by atoms with Gasteiger partial charge in [-0.05, 0) is 49.2 Å². The van der Waals surface area contributed by atoms with Crippen molar-refractivity contribution >= 4 is 43.2 Å². The molecule has 3 rings (SSSR count). The van der Waals surface area contributed by atoms with E-state index in [4.69, 9.17) is 11.6 Å². The van der Waals surface area contributed by atoms with E-state index < -0.39 is 10.0 Å². The molecule has 0 unspecified atom stereocenters. The van der Waals surface area contributed by atoms with Crippen molar-refractivity contribution in [1.82, 2.24) is 9.29 Å². The monoisotopic (exact) mass is 410 g/mol. The molecule has 0 fully saturated rings. The lowest BCUT2D eigenvalue weighted by Gasteiger charge is -2.12. The van der Waals surface area contributed by atoms with Gasteiger partial charge in [-0.15, -0.1) is 0 Å². The van der Waals surface area contributed by atoms with Crippen LogP contribution in [0.1, 0.15) is 25.8 Å². The lowest BCUT2D eigenvalue weighted by atomic mass is 10.2. The van der Waals surface area contributed by atoms with Crippen LogP contribution in [0.15, 0.2) is 52.2 Å². The van der Waals surface area contributed by atoms with E-state index in [1.807, 2.05) is 26.0 Å². The number of aromatic nitrogens is 1. The molecule has 0 radical (unpaired) electrons. The molecule has 0 saturated heterocycles. The normalized spacial score (nSPS) is 13.2. The summed E-state index contributed by atoms with van der Waals surface area (Å²) in [6.07, 6.45) is 0.701. The first-order valence-electron chi connectivity index (χ1n) is 8.20. The number of sulfonamides is 1. The molecule has 5 nitrogen and oxygen atoms in total. The van der Waals surface area contributed by atoms with E-state index >= 15 is 0 Å². The van der Waals surface area contributed by atoms with Gasteiger partial charge < -0.3 is 0 Å². The molecule has 0 spiro atoms. The molecule has 8 heteroatoms. The van der Waals surface area contributed by atoms with Crippen LogP contribution in [0.5, 0.6) is 0 Å². The molecule has 0 aliphatic heterocycles. The summed E-state index contributed by atoms with van der Waals surface area (Å²) in [6, 6.07) is 11.9. The molecule has 3 aromatic rings. The van der Waals surface area contributed by atoms with Crippen LogP contribution in [0.25, 0.3) is 10.2 Å². The van der Waals surface area contributed by atoms with Crippen LogP contribution in [-0.2, 0) is 16.6 Å². The van der Waals surface area contributed by atoms with Crippen molar-refractivity contribution in [3.63, 3.8) is 0 Å². The van der Waals surface area contributed by atoms with Crippen LogP contribution >= 0.6 is 22.9 Å². The number of thiazole rings is 1. The minimum Gasteiger partial charge on any atom is -0.294 e. The number of fused-ring (bicyclic) bond motifs is 1. The Morgan fingerprint density at radius 1 is 1.19 bits per heavy atom. The Bertz CT molecular complexity index is 1090. The third kappa shape index (κ3) is 4.01. The largest absolute Gasteiger partial charge is 0.308 e. The second kappa shape index (κ2) is 7.52. The maximum absolute atomic E-state index is 12.5. The van der Waals surface area contributed by atoms with Gasteiger partial charge in [-0.25, -0.2) is 13.1 Å². The minimum absolute atomic E-state index is 0.126. The molecule has 26 heavy (non-hydrogen) atoms. The molecule has 1 aromatic heterocycles. The van der Waals surface area contributed by atoms with Crippen LogP contribution in [0.3, 0.4) is 0 Å². The van der Waals surface area contributed by atoms with E-state index in [2.05, 4.69) is 4.72 Å². The van der Waals surface area contributed by atoms with Gasteiger partial charge in [0.05, 0.1) is 21.7 Å². The molecule has 1 N–H and O–H groups in total. The van der Waals surface area contributed by atoms with Crippen molar-refractivity contribution < 1.29 is 8.42 Å². The first-order chi connectivity index (χ1) is 12.3. The summed E-state index contributed by atoms with van der Waals surface area (Å²) in [5.74, 6) is 0. The second-order valence-corrected chi connectivity index (χ2v) is 9.28. The summed E-state index contributed by atoms with van der Waals surface area (Å²) in [5, 5.41) is 0.639. The Labute approximate surface area is 161 Å². The summed E-state index contributed by atoms with van der Waals surface area (Å²) in [4.78, 5) is 12.4. The van der Waals surface area contributed by atoms with Gasteiger partial charge in [0.1, 0.15) is 0 Å². The van der Waals surface area contributed by atoms with E-state index in [1.54, 1.807) is 28.8 Å². The fraction of sp³-hybridized carbons (Fsp3) is 0.278. The van der Waals surface area contributed by atoms with Crippen molar-refractivity contribution in [2.24, 2.45) is 0 Å². The zero-order valence-electron chi connectivity index (χ0n) is 14.4. The second-order valence-electron chi connectivity index (χ2n) is 6.14. The Kier molecular flexibility index (Phi) is 5.53. The van der Waals surface area contributed by atoms with Crippen molar-refractivity contribution in [1.29, 1.82) is 0 Å². The van der Waals surface area contributed by atoms with Crippen LogP contribution in [0.2, 0.25) is 5.02 Å². The van der Waals surface area contributed by atoms with Crippen LogP contribution in [-0.4, -0.2) is 19.0 Å². The quantitative estimate of drug-likeness (QED) is 0.671. The third-order valence-corrected chi connectivity index (χ3v) is 6.95. The van der Waals surface area contributed by atoms with Crippen molar-refractivity contribution in [3.05, 3.63) is 62.7 Å². The summed E-state index contributed by atoms with van der Waals surface area (Å²) >= 11 is 6.94. The van der Waals surface area contributed by atoms with Gasteiger partial charge in [0.15, 0.2) is 0 Å². The number of hydrogen-bond acceptors (Lipinski definition) is 4. The molecular formula is C18H19ClN2O3S2. The number of halogens is 1. The van der Waals surface area contributed by atoms with Crippen molar-refractivity contribution in [2.75, 3.05) is 0 Å². The molecule has 0 amide bonds. The first-order valence-corrected chi connectivity index (χ1v) is 10.9. The van der Waals surface area contributed by atoms with Crippen LogP contribution in [0.4, 0.5) is 0 Å². The van der Waals surface area contributed by atoms with Crippen LogP contribution in [0, 0.1) is 0 Å². The highest BCUT2D eigenvalue weighted by atomic mass is 35.5. The fourth-order valence-electron chi connectivity index (χ4n) is 2.55. The molecule has 1 atom stereocenters. The van der Waals surface area contributed by atoms with E-state index in [0.29, 0.717) is 22.7 Å². The smallest absolute Gasteiger partial charge is 0.294 e. The standard InChI is InChI=1S/C18H19ClN2O3S2/c1-3-12(2)20-26(23,24)15-8-9-16-17(10-15)25-18(22)21(16)11-13-4-6-14(19)7-5-13/h4-10,12,20H,3,11H2,1-2H3/t12-/m0/s1. The molecule has 0 bridgehead atoms. The van der Waals surface area contributed by atoms with Crippen molar-refractivity contribution in [2.45, 2.75) is 37.8 Å². The highest BCUT2D eigenvalue weighted by Crippen LogP contribution is 2.23. The van der Waals surface area contributed by atoms with Gasteiger partial charge in [0, 0.05) is 11.1 Å². The molecule has 0 aliphatic carbocycles. The van der Waals surface area contributed by atoms with Gasteiger partial charge in [-0.3, -0.25) is 9.36 Å². The van der Waals surface area contributed by atoms with E-state index in [0.717, 1.165) is 22.4 Å². The maximum Gasteiger partial charge on any atom is 0.308 e. The number of nitrogens with zero attached hydrogens (tertiary/aromatic N) is 1. The highest BCUT2D eigenvalue weighted by molar-refractivity contribution is 7.89. The van der Waals surface area contributed by atoms with Crippen molar-refractivity contribution in [3.8, 4) is 0 Å². The predicted molar refractivity (Wildman–Crippen MR) is 107 cm³/mol. The summed E-state index contributed by atoms with van der Waals surface area (Å²) in [5.41, 5.74) is 1.67. The van der Waals surface area contributed by atoms with Gasteiger partial charge >= 0.3 is 4.87 Å². The zero-order chi connectivity index (χ0) is 18.9. The van der Waals surface area contributed by atoms with Gasteiger partial charge in [0.25, 0.3) is 0 Å². The van der Waals surface area contributed by atoms with E-state index in [9.17, 15) is 13.2 Å². The lowest BCUT2D eigenvalue weighted by molar-refractivity contribution is 0.556. The number of rotatable bonds is 6. The topological polar surface area (TPSA) is 68.2 Å². The Morgan fingerprint density at radius 2 is 1.88 bits per heavy atom. The zero-order valence-corrected chi connectivity index (χ0v) is 16.8. The van der Waals surface area contributed by atoms with E-state index in [-0.39, 0.29) is 15.8 Å². The van der Waals surface area contributed by atoms with E-state index in [1.165, 1.54) is 6.07 Å². The Hall–Kier alpha value is -1.67. The molecule has 0 saturated carbocycles. The highest BCUT2D eigenvalue weighted by Gasteiger charge is 2.18. The fourth-order valence-corrected chi connectivity index (χ4v) is 5.04. The molecular weight excluding hydrogens is 392 g/mol. The average Bonchev–Trinajstić information content (AvgIpc) is 2.91. The number of hydrogen-bond donors (Lipinski definition) is 1. The Morgan fingerprint density at radius 3 is 2.54 bits per heavy atom. The molecule has 1 heterocycles. The Balaban J connectivity index is 1.98. The minimum atomic E-state index is -3.60. The summed E-state index contributed by atoms with van der Waals surface area (Å²) in [6.45, 7) is 4.14. The summed E-state index contributed by atoms with van der Waals surface area (Å²) in [7, 11) is -3.60. The lowest BCUT2D eigenvalue weighted by Crippen LogP contribution is -2.31. The van der Waals surface area contributed by atoms with Crippen LogP contribution < -0.4 is 9.60 Å². The van der Waals surface area contributed by atoms with Gasteiger partial charge in [-0.1, -0.05) is 42.0 Å². The number of benzene rings is 2. The third-order valence-electron chi connectivity index (χ3n) is 4.17. The van der Waals surface area contributed by atoms with Gasteiger partial charge in [-0.2, -0.15) is 0 Å². The maximum atomic E-state index is 12.5. The SMILES string of the molecule is CC[C@H](C)NS(=O)(=O)c1ccc2c(c1)sc(=O)n2Cc1ccc(Cl)cc1. The first kappa shape index (κ1) is 19.1. The summed E-state index contributed by atoms with van der Waals surface area (Å²) < 4.78 is 29.8. The molecule has 2 aromatic carbocycles. The molecule has 138 valence electrons. The van der Waals surface area contributed by atoms with Gasteiger partial charge in [0.2, 0.25) is 10.0 Å². The predicted octanol–water partition coefficient (Wildman–Crippen LogP) is 3.84. The molecule has 0 aliphatic rings. The average molecular weight is 411 g/mol. The number of nitrogens with one attached hydrogen (secondary N) is 1.